The van der Waals surface area contributed by atoms with E-state index >= 15 is 0 Å². The Kier molecular flexibility index (Phi) is 6.92. The van der Waals surface area contributed by atoms with E-state index < -0.39 is 0 Å². The first-order chi connectivity index (χ1) is 15.3. The van der Waals surface area contributed by atoms with Crippen molar-refractivity contribution in [1.82, 2.24) is 10.4 Å². The van der Waals surface area contributed by atoms with Crippen LogP contribution < -0.4 is 10.3 Å². The lowest BCUT2D eigenvalue weighted by Crippen LogP contribution is -2.51. The molecule has 1 aromatic rings. The fourth-order valence-electron chi connectivity index (χ4n) is 6.65. The van der Waals surface area contributed by atoms with Crippen molar-refractivity contribution in [3.63, 3.8) is 0 Å². The number of hydrazine groups is 1. The van der Waals surface area contributed by atoms with Gasteiger partial charge in [-0.1, -0.05) is 70.0 Å². The molecule has 0 aliphatic heterocycles. The third kappa shape index (κ3) is 4.45. The number of fused-ring (bicyclic) bond motifs is 2. The Hall–Kier alpha value is -1.53. The highest BCUT2D eigenvalue weighted by Gasteiger charge is 2.60. The van der Waals surface area contributed by atoms with Gasteiger partial charge in [0.2, 0.25) is 5.91 Å². The number of rotatable bonds is 6. The summed E-state index contributed by atoms with van der Waals surface area (Å²) in [5.74, 6) is 0.687. The highest BCUT2D eigenvalue weighted by atomic mass is 32.2. The van der Waals surface area contributed by atoms with Crippen LogP contribution >= 0.6 is 11.8 Å². The first-order valence-corrected chi connectivity index (χ1v) is 13.2. The molecule has 2 amide bonds. The number of thioether (sulfide) groups is 1. The summed E-state index contributed by atoms with van der Waals surface area (Å²) in [5.41, 5.74) is 4.31. The molecule has 32 heavy (non-hydrogen) atoms. The quantitative estimate of drug-likeness (QED) is 0.544. The second kappa shape index (κ2) is 9.38. The van der Waals surface area contributed by atoms with Crippen LogP contribution in [0, 0.1) is 16.7 Å². The standard InChI is InChI=1S/C26H39N3O2S/c1-25(2)19-15-16-26(3,17-19)23(25)32-24(31)28(27-4)18-22(30)29(20-11-7-5-8-12-20)21-13-9-6-10-14-21/h5,7-8,11-12,19,21,23,27H,6,9-10,13-18H2,1-4H3. The van der Waals surface area contributed by atoms with Gasteiger partial charge < -0.3 is 4.90 Å². The van der Waals surface area contributed by atoms with Gasteiger partial charge in [0.1, 0.15) is 6.54 Å². The molecule has 4 rings (SSSR count). The second-order valence-electron chi connectivity index (χ2n) is 10.9. The monoisotopic (exact) mass is 457 g/mol. The van der Waals surface area contributed by atoms with Crippen LogP contribution in [-0.2, 0) is 4.79 Å². The molecule has 0 spiro atoms. The minimum atomic E-state index is -0.0376. The Labute approximate surface area is 197 Å². The Morgan fingerprint density at radius 2 is 1.75 bits per heavy atom. The predicted octanol–water partition coefficient (Wildman–Crippen LogP) is 5.86. The fraction of sp³-hybridized carbons (Fsp3) is 0.692. The molecular formula is C26H39N3O2S. The van der Waals surface area contributed by atoms with Gasteiger partial charge >= 0.3 is 0 Å². The summed E-state index contributed by atoms with van der Waals surface area (Å²) in [6, 6.07) is 10.2. The molecule has 0 saturated heterocycles. The van der Waals surface area contributed by atoms with Gasteiger partial charge in [-0.15, -0.1) is 0 Å². The smallest absolute Gasteiger partial charge is 0.296 e. The van der Waals surface area contributed by atoms with E-state index in [1.807, 2.05) is 35.2 Å². The van der Waals surface area contributed by atoms with E-state index in [0.717, 1.165) is 31.4 Å². The minimum Gasteiger partial charge on any atom is -0.308 e. The molecule has 2 bridgehead atoms. The van der Waals surface area contributed by atoms with E-state index in [9.17, 15) is 9.59 Å². The van der Waals surface area contributed by atoms with Gasteiger partial charge in [0.25, 0.3) is 5.24 Å². The van der Waals surface area contributed by atoms with E-state index in [1.54, 1.807) is 7.05 Å². The summed E-state index contributed by atoms with van der Waals surface area (Å²) in [6.45, 7) is 7.05. The molecular weight excluding hydrogens is 418 g/mol. The van der Waals surface area contributed by atoms with Gasteiger partial charge in [-0.05, 0) is 61.0 Å². The Bertz CT molecular complexity index is 819. The third-order valence-corrected chi connectivity index (χ3v) is 10.2. The molecule has 3 unspecified atom stereocenters. The fourth-order valence-corrected chi connectivity index (χ4v) is 8.13. The van der Waals surface area contributed by atoms with Gasteiger partial charge in [-0.25, -0.2) is 5.43 Å². The van der Waals surface area contributed by atoms with E-state index in [4.69, 9.17) is 0 Å². The highest BCUT2D eigenvalue weighted by Crippen LogP contribution is 2.66. The van der Waals surface area contributed by atoms with Gasteiger partial charge in [-0.2, -0.15) is 0 Å². The summed E-state index contributed by atoms with van der Waals surface area (Å²) in [5, 5.41) is 1.78. The molecule has 3 atom stereocenters. The van der Waals surface area contributed by atoms with Gasteiger partial charge in [0.05, 0.1) is 0 Å². The lowest BCUT2D eigenvalue weighted by Gasteiger charge is -2.42. The number of hydrogen-bond acceptors (Lipinski definition) is 4. The molecule has 3 saturated carbocycles. The van der Waals surface area contributed by atoms with Crippen LogP contribution in [0.2, 0.25) is 0 Å². The molecule has 176 valence electrons. The first kappa shape index (κ1) is 23.6. The summed E-state index contributed by atoms with van der Waals surface area (Å²) < 4.78 is 0. The molecule has 6 heteroatoms. The van der Waals surface area contributed by atoms with Crippen LogP contribution in [0.25, 0.3) is 0 Å². The Balaban J connectivity index is 1.47. The van der Waals surface area contributed by atoms with Crippen molar-refractivity contribution in [3.05, 3.63) is 30.3 Å². The molecule has 3 aliphatic carbocycles. The topological polar surface area (TPSA) is 52.7 Å². The summed E-state index contributed by atoms with van der Waals surface area (Å²) in [7, 11) is 1.74. The molecule has 0 radical (unpaired) electrons. The van der Waals surface area contributed by atoms with Crippen molar-refractivity contribution in [2.75, 3.05) is 18.5 Å². The van der Waals surface area contributed by atoms with Crippen LogP contribution in [0.3, 0.4) is 0 Å². The zero-order chi connectivity index (χ0) is 22.9. The van der Waals surface area contributed by atoms with Crippen molar-refractivity contribution >= 4 is 28.6 Å². The largest absolute Gasteiger partial charge is 0.308 e. The summed E-state index contributed by atoms with van der Waals surface area (Å²) in [4.78, 5) is 28.9. The molecule has 1 N–H and O–H groups in total. The van der Waals surface area contributed by atoms with Gasteiger partial charge in [-0.3, -0.25) is 14.6 Å². The number of carbonyl (C=O) groups is 2. The minimum absolute atomic E-state index is 0.00943. The van der Waals surface area contributed by atoms with E-state index in [0.29, 0.717) is 5.92 Å². The normalized spacial score (nSPS) is 29.1. The number of benzene rings is 1. The number of carbonyl (C=O) groups excluding carboxylic acids is 2. The lowest BCUT2D eigenvalue weighted by molar-refractivity contribution is -0.120. The average molecular weight is 458 g/mol. The maximum Gasteiger partial charge on any atom is 0.296 e. The first-order valence-electron chi connectivity index (χ1n) is 12.3. The molecule has 3 fully saturated rings. The predicted molar refractivity (Wildman–Crippen MR) is 133 cm³/mol. The van der Waals surface area contributed by atoms with E-state index in [2.05, 4.69) is 26.2 Å². The SMILES string of the molecule is CNN(CC(=O)N(c1ccccc1)C1CCCCC1)C(=O)SC1C2(C)CCC(C2)C1(C)C. The van der Waals surface area contributed by atoms with E-state index in [1.165, 1.54) is 42.5 Å². The lowest BCUT2D eigenvalue weighted by atomic mass is 9.72. The summed E-state index contributed by atoms with van der Waals surface area (Å²) in [6.07, 6.45) is 9.29. The number of para-hydroxylation sites is 1. The Morgan fingerprint density at radius 1 is 1.06 bits per heavy atom. The van der Waals surface area contributed by atoms with Crippen LogP contribution in [0.5, 0.6) is 0 Å². The zero-order valence-electron chi connectivity index (χ0n) is 20.1. The molecule has 0 aromatic heterocycles. The zero-order valence-corrected chi connectivity index (χ0v) is 20.9. The average Bonchev–Trinajstić information content (AvgIpc) is 3.27. The van der Waals surface area contributed by atoms with Crippen molar-refractivity contribution < 1.29 is 9.59 Å². The number of anilines is 1. The molecule has 0 heterocycles. The maximum absolute atomic E-state index is 13.6. The Morgan fingerprint density at radius 3 is 2.34 bits per heavy atom. The van der Waals surface area contributed by atoms with Crippen LogP contribution in [0.4, 0.5) is 10.5 Å². The van der Waals surface area contributed by atoms with E-state index in [-0.39, 0.29) is 39.8 Å². The molecule has 1 aromatic carbocycles. The van der Waals surface area contributed by atoms with Crippen molar-refractivity contribution in [2.45, 2.75) is 83.4 Å². The number of nitrogens with zero attached hydrogens (tertiary/aromatic N) is 2. The van der Waals surface area contributed by atoms with Crippen LogP contribution in [-0.4, -0.2) is 41.0 Å². The van der Waals surface area contributed by atoms with Gasteiger partial charge in [0, 0.05) is 24.0 Å². The molecule has 3 aliphatic rings. The highest BCUT2D eigenvalue weighted by molar-refractivity contribution is 8.14. The second-order valence-corrected chi connectivity index (χ2v) is 11.9. The maximum atomic E-state index is 13.6. The number of amides is 2. The van der Waals surface area contributed by atoms with Crippen LogP contribution in [0.1, 0.15) is 72.1 Å². The number of nitrogens with one attached hydrogen (secondary N) is 1. The van der Waals surface area contributed by atoms with Crippen LogP contribution in [0.15, 0.2) is 30.3 Å². The third-order valence-electron chi connectivity index (χ3n) is 8.38. The van der Waals surface area contributed by atoms with Gasteiger partial charge in [0.15, 0.2) is 0 Å². The number of hydrogen-bond donors (Lipinski definition) is 1. The molecule has 5 nitrogen and oxygen atoms in total. The van der Waals surface area contributed by atoms with Crippen molar-refractivity contribution in [1.29, 1.82) is 0 Å². The van der Waals surface area contributed by atoms with Crippen molar-refractivity contribution in [2.24, 2.45) is 16.7 Å². The van der Waals surface area contributed by atoms with Crippen molar-refractivity contribution in [3.8, 4) is 0 Å². The summed E-state index contributed by atoms with van der Waals surface area (Å²) >= 11 is 1.45.